The Morgan fingerprint density at radius 2 is 2.33 bits per heavy atom. The number of carbonyl (C=O) groups is 1. The van der Waals surface area contributed by atoms with Crippen molar-refractivity contribution in [1.82, 2.24) is 10.6 Å². The molecule has 2 rings (SSSR count). The highest BCUT2D eigenvalue weighted by Crippen LogP contribution is 2.32. The van der Waals surface area contributed by atoms with E-state index >= 15 is 0 Å². The molecule has 1 aliphatic heterocycles. The number of rotatable bonds is 8. The average molecular weight is 357 g/mol. The van der Waals surface area contributed by atoms with Gasteiger partial charge in [-0.3, -0.25) is 4.79 Å². The Labute approximate surface area is 133 Å². The molecule has 0 unspecified atom stereocenters. The molecule has 0 bridgehead atoms. The van der Waals surface area contributed by atoms with Crippen molar-refractivity contribution in [3.05, 3.63) is 27.7 Å². The SMILES string of the molecule is COCCCNC(=O)CNCc1cc(Br)cc2c1OCC2. The zero-order chi connectivity index (χ0) is 15.1. The van der Waals surface area contributed by atoms with E-state index in [0.717, 1.165) is 35.2 Å². The first-order chi connectivity index (χ1) is 10.2. The normalized spacial score (nSPS) is 12.9. The van der Waals surface area contributed by atoms with Crippen LogP contribution in [0.4, 0.5) is 0 Å². The number of amides is 1. The highest BCUT2D eigenvalue weighted by molar-refractivity contribution is 9.10. The Morgan fingerprint density at radius 1 is 1.48 bits per heavy atom. The van der Waals surface area contributed by atoms with Crippen molar-refractivity contribution in [2.75, 3.05) is 33.4 Å². The van der Waals surface area contributed by atoms with Crippen molar-refractivity contribution >= 4 is 21.8 Å². The number of nitrogens with one attached hydrogen (secondary N) is 2. The van der Waals surface area contributed by atoms with E-state index in [2.05, 4.69) is 32.6 Å². The molecule has 0 aromatic heterocycles. The topological polar surface area (TPSA) is 59.6 Å². The van der Waals surface area contributed by atoms with Crippen molar-refractivity contribution in [2.45, 2.75) is 19.4 Å². The molecule has 5 nitrogen and oxygen atoms in total. The number of hydrogen-bond acceptors (Lipinski definition) is 4. The van der Waals surface area contributed by atoms with Gasteiger partial charge in [-0.1, -0.05) is 15.9 Å². The van der Waals surface area contributed by atoms with Crippen LogP contribution >= 0.6 is 15.9 Å². The molecule has 0 spiro atoms. The fraction of sp³-hybridized carbons (Fsp3) is 0.533. The molecule has 1 aromatic rings. The van der Waals surface area contributed by atoms with Crippen LogP contribution in [0.15, 0.2) is 16.6 Å². The van der Waals surface area contributed by atoms with E-state index in [4.69, 9.17) is 9.47 Å². The summed E-state index contributed by atoms with van der Waals surface area (Å²) in [7, 11) is 1.65. The maximum atomic E-state index is 11.6. The van der Waals surface area contributed by atoms with E-state index in [1.165, 1.54) is 5.56 Å². The molecule has 0 saturated heterocycles. The predicted molar refractivity (Wildman–Crippen MR) is 84.6 cm³/mol. The summed E-state index contributed by atoms with van der Waals surface area (Å²) in [6, 6.07) is 4.13. The maximum absolute atomic E-state index is 11.6. The van der Waals surface area contributed by atoms with E-state index in [-0.39, 0.29) is 5.91 Å². The summed E-state index contributed by atoms with van der Waals surface area (Å²) >= 11 is 3.51. The van der Waals surface area contributed by atoms with Crippen LogP contribution in [0, 0.1) is 0 Å². The van der Waals surface area contributed by atoms with Crippen LogP contribution in [0.1, 0.15) is 17.5 Å². The van der Waals surface area contributed by atoms with Crippen molar-refractivity contribution in [1.29, 1.82) is 0 Å². The molecule has 0 fully saturated rings. The number of benzene rings is 1. The van der Waals surface area contributed by atoms with Crippen LogP contribution in [0.25, 0.3) is 0 Å². The third-order valence-electron chi connectivity index (χ3n) is 3.27. The minimum Gasteiger partial charge on any atom is -0.493 e. The predicted octanol–water partition coefficient (Wildman–Crippen LogP) is 1.63. The second-order valence-corrected chi connectivity index (χ2v) is 5.87. The zero-order valence-corrected chi connectivity index (χ0v) is 13.8. The highest BCUT2D eigenvalue weighted by atomic mass is 79.9. The first kappa shape index (κ1) is 16.3. The van der Waals surface area contributed by atoms with Gasteiger partial charge in [-0.25, -0.2) is 0 Å². The standard InChI is InChI=1S/C15H21BrN2O3/c1-20-5-2-4-18-14(19)10-17-9-12-8-13(16)7-11-3-6-21-15(11)12/h7-8,17H,2-6,9-10H2,1H3,(H,18,19). The minimum atomic E-state index is -0.00124. The van der Waals surface area contributed by atoms with E-state index in [1.54, 1.807) is 7.11 Å². The highest BCUT2D eigenvalue weighted by Gasteiger charge is 2.17. The van der Waals surface area contributed by atoms with E-state index in [1.807, 2.05) is 6.07 Å². The summed E-state index contributed by atoms with van der Waals surface area (Å²) in [4.78, 5) is 11.6. The zero-order valence-electron chi connectivity index (χ0n) is 12.2. The number of methoxy groups -OCH3 is 1. The first-order valence-electron chi connectivity index (χ1n) is 7.11. The van der Waals surface area contributed by atoms with Crippen molar-refractivity contribution in [2.24, 2.45) is 0 Å². The summed E-state index contributed by atoms with van der Waals surface area (Å²) in [5.74, 6) is 0.963. The summed E-state index contributed by atoms with van der Waals surface area (Å²) in [5, 5.41) is 6.00. The van der Waals surface area contributed by atoms with Crippen LogP contribution in [-0.2, 0) is 22.5 Å². The van der Waals surface area contributed by atoms with E-state index in [0.29, 0.717) is 26.2 Å². The molecular weight excluding hydrogens is 336 g/mol. The van der Waals surface area contributed by atoms with Gasteiger partial charge in [0.1, 0.15) is 5.75 Å². The molecule has 0 radical (unpaired) electrons. The maximum Gasteiger partial charge on any atom is 0.233 e. The monoisotopic (exact) mass is 356 g/mol. The summed E-state index contributed by atoms with van der Waals surface area (Å²) in [6.07, 6.45) is 1.77. The summed E-state index contributed by atoms with van der Waals surface area (Å²) in [5.41, 5.74) is 2.31. The van der Waals surface area contributed by atoms with Gasteiger partial charge in [0.15, 0.2) is 0 Å². The molecule has 1 aromatic carbocycles. The number of fused-ring (bicyclic) bond motifs is 1. The van der Waals surface area contributed by atoms with Crippen LogP contribution in [0.3, 0.4) is 0 Å². The van der Waals surface area contributed by atoms with Crippen molar-refractivity contribution in [3.63, 3.8) is 0 Å². The molecule has 1 aliphatic rings. The smallest absolute Gasteiger partial charge is 0.233 e. The van der Waals surface area contributed by atoms with Crippen molar-refractivity contribution in [3.8, 4) is 5.75 Å². The van der Waals surface area contributed by atoms with Gasteiger partial charge in [-0.15, -0.1) is 0 Å². The van der Waals surface area contributed by atoms with Crippen molar-refractivity contribution < 1.29 is 14.3 Å². The fourth-order valence-electron chi connectivity index (χ4n) is 2.29. The Morgan fingerprint density at radius 3 is 3.14 bits per heavy atom. The average Bonchev–Trinajstić information content (AvgIpc) is 2.91. The molecule has 1 heterocycles. The molecule has 0 aliphatic carbocycles. The van der Waals surface area contributed by atoms with Gasteiger partial charge in [-0.2, -0.15) is 0 Å². The Bertz CT molecular complexity index is 494. The van der Waals surface area contributed by atoms with Gasteiger partial charge in [0, 0.05) is 43.3 Å². The van der Waals surface area contributed by atoms with E-state index < -0.39 is 0 Å². The van der Waals surface area contributed by atoms with Gasteiger partial charge in [0.05, 0.1) is 13.2 Å². The lowest BCUT2D eigenvalue weighted by Crippen LogP contribution is -2.34. The Kier molecular flexibility index (Phi) is 6.48. The van der Waals surface area contributed by atoms with Crippen LogP contribution in [0.2, 0.25) is 0 Å². The van der Waals surface area contributed by atoms with Gasteiger partial charge in [0.2, 0.25) is 5.91 Å². The molecular formula is C15H21BrN2O3. The van der Waals surface area contributed by atoms with Crippen LogP contribution < -0.4 is 15.4 Å². The van der Waals surface area contributed by atoms with E-state index in [9.17, 15) is 4.79 Å². The fourth-order valence-corrected chi connectivity index (χ4v) is 2.85. The lowest BCUT2D eigenvalue weighted by molar-refractivity contribution is -0.120. The first-order valence-corrected chi connectivity index (χ1v) is 7.90. The number of ether oxygens (including phenoxy) is 2. The molecule has 116 valence electrons. The van der Waals surface area contributed by atoms with Gasteiger partial charge in [-0.05, 0) is 24.1 Å². The van der Waals surface area contributed by atoms with Crippen LogP contribution in [0.5, 0.6) is 5.75 Å². The lowest BCUT2D eigenvalue weighted by atomic mass is 10.1. The summed E-state index contributed by atoms with van der Waals surface area (Å²) in [6.45, 7) is 2.96. The molecule has 21 heavy (non-hydrogen) atoms. The quantitative estimate of drug-likeness (QED) is 0.695. The Balaban J connectivity index is 1.75. The number of hydrogen-bond donors (Lipinski definition) is 2. The molecule has 0 atom stereocenters. The van der Waals surface area contributed by atoms with Gasteiger partial charge in [0.25, 0.3) is 0 Å². The van der Waals surface area contributed by atoms with Gasteiger partial charge >= 0.3 is 0 Å². The number of carbonyl (C=O) groups excluding carboxylic acids is 1. The molecule has 1 amide bonds. The summed E-state index contributed by atoms with van der Waals surface area (Å²) < 4.78 is 11.6. The second kappa shape index (κ2) is 8.36. The third kappa shape index (κ3) is 4.98. The molecule has 0 saturated carbocycles. The molecule has 2 N–H and O–H groups in total. The Hall–Kier alpha value is -1.11. The number of halogens is 1. The van der Waals surface area contributed by atoms with Crippen LogP contribution in [-0.4, -0.2) is 39.3 Å². The molecule has 6 heteroatoms. The third-order valence-corrected chi connectivity index (χ3v) is 3.73. The van der Waals surface area contributed by atoms with Gasteiger partial charge < -0.3 is 20.1 Å². The minimum absolute atomic E-state index is 0.00124. The lowest BCUT2D eigenvalue weighted by Gasteiger charge is -2.10. The second-order valence-electron chi connectivity index (χ2n) is 4.95. The largest absolute Gasteiger partial charge is 0.493 e.